The number of hydrogen-bond donors (Lipinski definition) is 4. The summed E-state index contributed by atoms with van der Waals surface area (Å²) in [5, 5.41) is 9.17. The molecule has 0 saturated carbocycles. The Morgan fingerprint density at radius 1 is 1.04 bits per heavy atom. The smallest absolute Gasteiger partial charge is 0.275 e. The predicted octanol–water partition coefficient (Wildman–Crippen LogP) is 1.13. The largest absolute Gasteiger partial charge is 0.364 e. The van der Waals surface area contributed by atoms with Gasteiger partial charge in [-0.25, -0.2) is 4.98 Å². The Kier molecular flexibility index (Phi) is 6.40. The lowest BCUT2D eigenvalue weighted by Gasteiger charge is -2.08. The van der Waals surface area contributed by atoms with Crippen molar-refractivity contribution in [1.82, 2.24) is 15.6 Å². The maximum absolute atomic E-state index is 12.2. The molecule has 28 heavy (non-hydrogen) atoms. The van der Waals surface area contributed by atoms with Gasteiger partial charge in [0.05, 0.1) is 11.4 Å². The van der Waals surface area contributed by atoms with Crippen molar-refractivity contribution in [3.63, 3.8) is 0 Å². The Labute approximate surface area is 164 Å². The molecule has 144 valence electrons. The number of carbonyl (C=O) groups excluding carboxylic acids is 4. The minimum atomic E-state index is -0.902. The molecule has 0 spiro atoms. The molecule has 1 aromatic heterocycles. The third-order valence-corrected chi connectivity index (χ3v) is 4.18. The van der Waals surface area contributed by atoms with E-state index in [-0.39, 0.29) is 23.0 Å². The van der Waals surface area contributed by atoms with Gasteiger partial charge in [-0.3, -0.25) is 19.2 Å². The van der Waals surface area contributed by atoms with Crippen molar-refractivity contribution in [3.05, 3.63) is 59.9 Å². The van der Waals surface area contributed by atoms with E-state index >= 15 is 0 Å². The molecule has 9 nitrogen and oxygen atoms in total. The summed E-state index contributed by atoms with van der Waals surface area (Å²) in [6.07, 6.45) is 0. The molecule has 0 atom stereocenters. The number of thiazole rings is 1. The van der Waals surface area contributed by atoms with Gasteiger partial charge >= 0.3 is 0 Å². The third-order valence-electron chi connectivity index (χ3n) is 3.29. The number of nitrogens with one attached hydrogen (secondary N) is 3. The molecular weight excluding hydrogens is 382 g/mol. The summed E-state index contributed by atoms with van der Waals surface area (Å²) < 4.78 is 0. The highest BCUT2D eigenvalue weighted by Gasteiger charge is 2.17. The van der Waals surface area contributed by atoms with Crippen LogP contribution in [0.4, 0.5) is 5.69 Å². The maximum Gasteiger partial charge on any atom is 0.275 e. The Morgan fingerprint density at radius 3 is 2.25 bits per heavy atom. The van der Waals surface area contributed by atoms with Crippen LogP contribution in [0.3, 0.4) is 0 Å². The van der Waals surface area contributed by atoms with E-state index in [1.54, 1.807) is 24.3 Å². The molecule has 5 N–H and O–H groups in total. The second-order valence-electron chi connectivity index (χ2n) is 5.53. The van der Waals surface area contributed by atoms with Crippen LogP contribution in [0.25, 0.3) is 10.6 Å². The van der Waals surface area contributed by atoms with E-state index in [1.807, 2.05) is 0 Å². The molecule has 4 amide bonds. The normalized spacial score (nSPS) is 9.89. The second kappa shape index (κ2) is 8.73. The molecule has 2 aromatic rings. The quantitative estimate of drug-likeness (QED) is 0.516. The average Bonchev–Trinajstić information content (AvgIpc) is 3.11. The van der Waals surface area contributed by atoms with E-state index in [1.165, 1.54) is 23.6 Å². The van der Waals surface area contributed by atoms with Gasteiger partial charge in [0, 0.05) is 23.6 Å². The topological polar surface area (TPSA) is 143 Å². The SMILES string of the molecule is C=C(NC(=O)C(=C)NC(=O)c1csc(-c2ccc(NC(C)=O)cc2)n1)C(N)=O. The van der Waals surface area contributed by atoms with Gasteiger partial charge < -0.3 is 21.7 Å². The fourth-order valence-electron chi connectivity index (χ4n) is 1.94. The summed E-state index contributed by atoms with van der Waals surface area (Å²) in [6.45, 7) is 8.13. The Morgan fingerprint density at radius 2 is 1.68 bits per heavy atom. The number of aromatic nitrogens is 1. The van der Waals surface area contributed by atoms with Gasteiger partial charge in [-0.2, -0.15) is 0 Å². The van der Waals surface area contributed by atoms with Crippen LogP contribution in [0.15, 0.2) is 54.2 Å². The van der Waals surface area contributed by atoms with Crippen molar-refractivity contribution in [2.24, 2.45) is 5.73 Å². The molecule has 0 aliphatic carbocycles. The summed E-state index contributed by atoms with van der Waals surface area (Å²) >= 11 is 1.24. The number of anilines is 1. The zero-order chi connectivity index (χ0) is 20.8. The molecule has 0 saturated heterocycles. The lowest BCUT2D eigenvalue weighted by atomic mass is 10.2. The molecule has 0 radical (unpaired) electrons. The highest BCUT2D eigenvalue weighted by Crippen LogP contribution is 2.25. The van der Waals surface area contributed by atoms with Crippen molar-refractivity contribution >= 4 is 40.7 Å². The van der Waals surface area contributed by atoms with Crippen LogP contribution in [-0.4, -0.2) is 28.6 Å². The highest BCUT2D eigenvalue weighted by atomic mass is 32.1. The van der Waals surface area contributed by atoms with Crippen molar-refractivity contribution in [3.8, 4) is 10.6 Å². The number of nitrogens with two attached hydrogens (primary N) is 1. The number of rotatable bonds is 7. The first kappa shape index (κ1) is 20.5. The van der Waals surface area contributed by atoms with Crippen LogP contribution in [-0.2, 0) is 14.4 Å². The molecule has 0 aliphatic rings. The lowest BCUT2D eigenvalue weighted by molar-refractivity contribution is -0.120. The van der Waals surface area contributed by atoms with Gasteiger partial charge in [0.2, 0.25) is 5.91 Å². The van der Waals surface area contributed by atoms with Crippen molar-refractivity contribution < 1.29 is 19.2 Å². The molecule has 10 heteroatoms. The van der Waals surface area contributed by atoms with Crippen molar-refractivity contribution in [2.45, 2.75) is 6.92 Å². The molecule has 0 unspecified atom stereocenters. The van der Waals surface area contributed by atoms with Crippen LogP contribution in [0.5, 0.6) is 0 Å². The fourth-order valence-corrected chi connectivity index (χ4v) is 2.75. The number of nitrogens with zero attached hydrogens (tertiary/aromatic N) is 1. The molecule has 0 bridgehead atoms. The van der Waals surface area contributed by atoms with Gasteiger partial charge in [-0.15, -0.1) is 11.3 Å². The van der Waals surface area contributed by atoms with E-state index in [2.05, 4.69) is 34.1 Å². The van der Waals surface area contributed by atoms with E-state index in [9.17, 15) is 19.2 Å². The van der Waals surface area contributed by atoms with E-state index in [0.29, 0.717) is 10.7 Å². The summed E-state index contributed by atoms with van der Waals surface area (Å²) in [4.78, 5) is 50.2. The molecule has 0 aliphatic heterocycles. The molecular formula is C18H17N5O4S. The Hall–Kier alpha value is -3.79. The molecule has 1 heterocycles. The number of hydrogen-bond acceptors (Lipinski definition) is 6. The molecule has 1 aromatic carbocycles. The summed E-state index contributed by atoms with van der Waals surface area (Å²) in [6, 6.07) is 6.95. The van der Waals surface area contributed by atoms with Crippen LogP contribution in [0.2, 0.25) is 0 Å². The standard InChI is InChI=1S/C18H17N5O4S/c1-9(15(19)25)20-16(26)10(2)21-17(27)14-8-28-18(23-14)12-4-6-13(7-5-12)22-11(3)24/h4-8H,1-2H2,3H3,(H2,19,25)(H,20,26)(H,21,27)(H,22,24). The predicted molar refractivity (Wildman–Crippen MR) is 105 cm³/mol. The number of primary amides is 1. The van der Waals surface area contributed by atoms with Gasteiger partial charge in [-0.05, 0) is 24.3 Å². The van der Waals surface area contributed by atoms with Gasteiger partial charge in [0.15, 0.2) is 0 Å². The highest BCUT2D eigenvalue weighted by molar-refractivity contribution is 7.13. The van der Waals surface area contributed by atoms with Crippen LogP contribution in [0, 0.1) is 0 Å². The van der Waals surface area contributed by atoms with Gasteiger partial charge in [0.25, 0.3) is 17.7 Å². The molecule has 2 rings (SSSR count). The third kappa shape index (κ3) is 5.35. The Balaban J connectivity index is 2.02. The summed E-state index contributed by atoms with van der Waals surface area (Å²) in [5.74, 6) is -2.53. The zero-order valence-electron chi connectivity index (χ0n) is 14.9. The first-order chi connectivity index (χ1) is 13.2. The van der Waals surface area contributed by atoms with Crippen LogP contribution in [0.1, 0.15) is 17.4 Å². The van der Waals surface area contributed by atoms with Crippen molar-refractivity contribution in [2.75, 3.05) is 5.32 Å². The Bertz CT molecular complexity index is 978. The lowest BCUT2D eigenvalue weighted by Crippen LogP contribution is -2.36. The monoisotopic (exact) mass is 399 g/mol. The van der Waals surface area contributed by atoms with Gasteiger partial charge in [-0.1, -0.05) is 13.2 Å². The number of carbonyl (C=O) groups is 4. The minimum Gasteiger partial charge on any atom is -0.364 e. The zero-order valence-corrected chi connectivity index (χ0v) is 15.7. The maximum atomic E-state index is 12.2. The molecule has 0 fully saturated rings. The van der Waals surface area contributed by atoms with Crippen LogP contribution >= 0.6 is 11.3 Å². The fraction of sp³-hybridized carbons (Fsp3) is 0.0556. The summed E-state index contributed by atoms with van der Waals surface area (Å²) in [7, 11) is 0. The minimum absolute atomic E-state index is 0.0913. The number of benzene rings is 1. The second-order valence-corrected chi connectivity index (χ2v) is 6.38. The van der Waals surface area contributed by atoms with Crippen LogP contribution < -0.4 is 21.7 Å². The first-order valence-electron chi connectivity index (χ1n) is 7.81. The number of amides is 4. The van der Waals surface area contributed by atoms with E-state index in [0.717, 1.165) is 5.56 Å². The average molecular weight is 399 g/mol. The summed E-state index contributed by atoms with van der Waals surface area (Å²) in [5.41, 5.74) is 5.85. The first-order valence-corrected chi connectivity index (χ1v) is 8.69. The van der Waals surface area contributed by atoms with Gasteiger partial charge in [0.1, 0.15) is 10.7 Å². The van der Waals surface area contributed by atoms with E-state index in [4.69, 9.17) is 5.73 Å². The van der Waals surface area contributed by atoms with Crippen molar-refractivity contribution in [1.29, 1.82) is 0 Å². The van der Waals surface area contributed by atoms with E-state index < -0.39 is 17.7 Å².